The minimum atomic E-state index is -0.639. The second kappa shape index (κ2) is 11.4. The van der Waals surface area contributed by atoms with E-state index in [-0.39, 0.29) is 29.1 Å². The van der Waals surface area contributed by atoms with E-state index in [0.29, 0.717) is 56.8 Å². The smallest absolute Gasteiger partial charge is 0.412 e. The number of nitrogens with one attached hydrogen (secondary N) is 2. The summed E-state index contributed by atoms with van der Waals surface area (Å²) in [5.74, 6) is -0.365. The Hall–Kier alpha value is -5.48. The van der Waals surface area contributed by atoms with Crippen molar-refractivity contribution in [3.63, 3.8) is 0 Å². The molecule has 3 N–H and O–H groups in total. The lowest BCUT2D eigenvalue weighted by Gasteiger charge is -2.19. The topological polar surface area (TPSA) is 134 Å². The standard InChI is InChI=1S/C36H30ClN3O7/c1-36(2,3)47-35(44)39-23-9-11-28-19(13-23)14-30(45-28)33(42)38-22-8-10-29-20(12-22)15-31(46-29)34(43)40-18-21(17-37)32-25-7-5-4-6-24(25)27(41)16-26(32)40/h4-16,21,41H,17-18H2,1-3H3,(H,38,42)(H,39,44)/t21-/m1/s1. The molecule has 4 aromatic carbocycles. The van der Waals surface area contributed by atoms with Gasteiger partial charge in [0.2, 0.25) is 0 Å². The number of hydrogen-bond acceptors (Lipinski definition) is 7. The van der Waals surface area contributed by atoms with E-state index < -0.39 is 17.6 Å². The summed E-state index contributed by atoms with van der Waals surface area (Å²) in [6.07, 6.45) is -0.588. The number of phenolic OH excluding ortho intramolecular Hbond substituents is 1. The van der Waals surface area contributed by atoms with Gasteiger partial charge in [-0.15, -0.1) is 11.6 Å². The van der Waals surface area contributed by atoms with Crippen molar-refractivity contribution in [1.82, 2.24) is 0 Å². The zero-order chi connectivity index (χ0) is 33.0. The van der Waals surface area contributed by atoms with Crippen LogP contribution >= 0.6 is 11.6 Å². The molecule has 3 amide bonds. The number of benzene rings is 4. The van der Waals surface area contributed by atoms with Crippen molar-refractivity contribution in [3.8, 4) is 5.75 Å². The summed E-state index contributed by atoms with van der Waals surface area (Å²) in [4.78, 5) is 40.6. The Morgan fingerprint density at radius 3 is 2.15 bits per heavy atom. The number of fused-ring (bicyclic) bond motifs is 5. The summed E-state index contributed by atoms with van der Waals surface area (Å²) in [7, 11) is 0. The van der Waals surface area contributed by atoms with Crippen LogP contribution in [0.4, 0.5) is 21.9 Å². The Morgan fingerprint density at radius 1 is 0.872 bits per heavy atom. The predicted molar refractivity (Wildman–Crippen MR) is 181 cm³/mol. The molecule has 0 saturated heterocycles. The van der Waals surface area contributed by atoms with E-state index in [1.165, 1.54) is 0 Å². The Bertz CT molecular complexity index is 2230. The largest absolute Gasteiger partial charge is 0.507 e. The molecule has 6 aromatic rings. The lowest BCUT2D eigenvalue weighted by Crippen LogP contribution is -2.29. The van der Waals surface area contributed by atoms with Crippen molar-refractivity contribution in [2.24, 2.45) is 0 Å². The monoisotopic (exact) mass is 651 g/mol. The Labute approximate surface area is 273 Å². The molecule has 3 heterocycles. The molecule has 10 nitrogen and oxygen atoms in total. The van der Waals surface area contributed by atoms with Gasteiger partial charge in [-0.05, 0) is 80.3 Å². The highest BCUT2D eigenvalue weighted by atomic mass is 35.5. The van der Waals surface area contributed by atoms with Crippen LogP contribution in [-0.4, -0.2) is 41.0 Å². The first-order valence-electron chi connectivity index (χ1n) is 15.0. The Balaban J connectivity index is 1.10. The van der Waals surface area contributed by atoms with Gasteiger partial charge in [0.05, 0.1) is 5.69 Å². The summed E-state index contributed by atoms with van der Waals surface area (Å²) in [6, 6.07) is 22.4. The van der Waals surface area contributed by atoms with Gasteiger partial charge < -0.3 is 28.9 Å². The molecule has 1 aliphatic heterocycles. The van der Waals surface area contributed by atoms with Crippen LogP contribution in [0.3, 0.4) is 0 Å². The van der Waals surface area contributed by atoms with E-state index in [0.717, 1.165) is 10.9 Å². The van der Waals surface area contributed by atoms with Crippen LogP contribution in [0.5, 0.6) is 5.75 Å². The summed E-state index contributed by atoms with van der Waals surface area (Å²) in [5, 5.41) is 19.0. The first-order chi connectivity index (χ1) is 22.5. The van der Waals surface area contributed by atoms with Gasteiger partial charge in [0, 0.05) is 51.9 Å². The van der Waals surface area contributed by atoms with Gasteiger partial charge >= 0.3 is 6.09 Å². The maximum absolute atomic E-state index is 13.8. The summed E-state index contributed by atoms with van der Waals surface area (Å²) in [6.45, 7) is 5.68. The normalized spacial score (nSPS) is 14.5. The first kappa shape index (κ1) is 30.2. The van der Waals surface area contributed by atoms with Crippen LogP contribution < -0.4 is 15.5 Å². The first-order valence-corrected chi connectivity index (χ1v) is 15.5. The quantitative estimate of drug-likeness (QED) is 0.159. The van der Waals surface area contributed by atoms with Gasteiger partial charge in [-0.2, -0.15) is 0 Å². The number of carbonyl (C=O) groups excluding carboxylic acids is 3. The van der Waals surface area contributed by atoms with E-state index in [1.54, 1.807) is 80.3 Å². The van der Waals surface area contributed by atoms with E-state index >= 15 is 0 Å². The number of amides is 3. The fourth-order valence-electron chi connectivity index (χ4n) is 5.95. The molecule has 0 unspecified atom stereocenters. The maximum atomic E-state index is 13.8. The summed E-state index contributed by atoms with van der Waals surface area (Å²) < 4.78 is 17.0. The molecule has 1 atom stereocenters. The van der Waals surface area contributed by atoms with Crippen LogP contribution in [0.2, 0.25) is 0 Å². The highest BCUT2D eigenvalue weighted by Gasteiger charge is 2.36. The highest BCUT2D eigenvalue weighted by Crippen LogP contribution is 2.45. The molecule has 0 bridgehead atoms. The molecule has 0 spiro atoms. The number of aromatic hydroxyl groups is 1. The van der Waals surface area contributed by atoms with Crippen LogP contribution in [-0.2, 0) is 4.74 Å². The number of carbonyl (C=O) groups is 3. The predicted octanol–water partition coefficient (Wildman–Crippen LogP) is 8.62. The van der Waals surface area contributed by atoms with Crippen molar-refractivity contribution in [2.75, 3.05) is 28.0 Å². The van der Waals surface area contributed by atoms with Crippen molar-refractivity contribution in [2.45, 2.75) is 32.3 Å². The molecule has 0 aliphatic carbocycles. The van der Waals surface area contributed by atoms with Gasteiger partial charge in [0.15, 0.2) is 11.5 Å². The van der Waals surface area contributed by atoms with Crippen LogP contribution in [0.25, 0.3) is 32.7 Å². The number of nitrogens with zero attached hydrogens (tertiary/aromatic N) is 1. The zero-order valence-electron chi connectivity index (χ0n) is 25.7. The molecule has 0 saturated carbocycles. The maximum Gasteiger partial charge on any atom is 0.412 e. The fraction of sp³-hybridized carbons (Fsp3) is 0.194. The number of ether oxygens (including phenoxy) is 1. The molecule has 0 fully saturated rings. The molecule has 0 radical (unpaired) electrons. The van der Waals surface area contributed by atoms with Gasteiger partial charge in [-0.1, -0.05) is 24.3 Å². The third-order valence-electron chi connectivity index (χ3n) is 7.95. The minimum absolute atomic E-state index is 0.0786. The molecule has 11 heteroatoms. The fourth-order valence-corrected chi connectivity index (χ4v) is 6.20. The van der Waals surface area contributed by atoms with Gasteiger partial charge in [-0.3, -0.25) is 14.9 Å². The zero-order valence-corrected chi connectivity index (χ0v) is 26.5. The number of alkyl halides is 1. The second-order valence-electron chi connectivity index (χ2n) is 12.4. The van der Waals surface area contributed by atoms with Crippen LogP contribution in [0, 0.1) is 0 Å². The van der Waals surface area contributed by atoms with E-state index in [1.807, 2.05) is 24.3 Å². The number of furan rings is 2. The van der Waals surface area contributed by atoms with Gasteiger partial charge in [0.25, 0.3) is 11.8 Å². The number of rotatable bonds is 5. The van der Waals surface area contributed by atoms with Crippen molar-refractivity contribution < 1.29 is 33.1 Å². The van der Waals surface area contributed by atoms with Gasteiger partial charge in [0.1, 0.15) is 22.5 Å². The Morgan fingerprint density at radius 2 is 1.49 bits per heavy atom. The number of anilines is 3. The van der Waals surface area contributed by atoms with Crippen molar-refractivity contribution in [3.05, 3.63) is 95.9 Å². The number of halogens is 1. The second-order valence-corrected chi connectivity index (χ2v) is 12.8. The van der Waals surface area contributed by atoms with Crippen molar-refractivity contribution >= 4 is 79.3 Å². The molecule has 7 rings (SSSR count). The lowest BCUT2D eigenvalue weighted by molar-refractivity contribution is 0.0635. The average molecular weight is 652 g/mol. The highest BCUT2D eigenvalue weighted by molar-refractivity contribution is 6.19. The summed E-state index contributed by atoms with van der Waals surface area (Å²) >= 11 is 6.34. The molecule has 238 valence electrons. The third-order valence-corrected chi connectivity index (χ3v) is 8.32. The molecule has 47 heavy (non-hydrogen) atoms. The van der Waals surface area contributed by atoms with Crippen LogP contribution in [0.1, 0.15) is 53.4 Å². The molecule has 1 aliphatic rings. The Kier molecular flexibility index (Phi) is 7.32. The molecule has 2 aromatic heterocycles. The van der Waals surface area contributed by atoms with Crippen molar-refractivity contribution in [1.29, 1.82) is 0 Å². The minimum Gasteiger partial charge on any atom is -0.507 e. The number of hydrogen-bond donors (Lipinski definition) is 3. The third kappa shape index (κ3) is 5.72. The average Bonchev–Trinajstić information content (AvgIpc) is 3.74. The molecular weight excluding hydrogens is 622 g/mol. The SMILES string of the molecule is CC(C)(C)OC(=O)Nc1ccc2oc(C(=O)Nc3ccc4oc(C(=O)N5C[C@@H](CCl)c6c5cc(O)c5ccccc65)cc4c3)cc2c1. The van der Waals surface area contributed by atoms with Gasteiger partial charge in [-0.25, -0.2) is 4.79 Å². The summed E-state index contributed by atoms with van der Waals surface area (Å²) in [5.41, 5.74) is 2.79. The molecular formula is C36H30ClN3O7. The van der Waals surface area contributed by atoms with E-state index in [2.05, 4.69) is 10.6 Å². The van der Waals surface area contributed by atoms with E-state index in [9.17, 15) is 19.5 Å². The lowest BCUT2D eigenvalue weighted by atomic mass is 9.95. The van der Waals surface area contributed by atoms with Crippen LogP contribution in [0.15, 0.2) is 87.7 Å². The van der Waals surface area contributed by atoms with E-state index in [4.69, 9.17) is 25.2 Å². The number of phenols is 1.